The van der Waals surface area contributed by atoms with Gasteiger partial charge in [-0.2, -0.15) is 4.79 Å². The average molecular weight is 457 g/mol. The third-order valence-electron chi connectivity index (χ3n) is 5.35. The summed E-state index contributed by atoms with van der Waals surface area (Å²) < 4.78 is 12.5. The van der Waals surface area contributed by atoms with Crippen molar-refractivity contribution >= 4 is 17.8 Å². The lowest BCUT2D eigenvalue weighted by molar-refractivity contribution is -0.720. The van der Waals surface area contributed by atoms with Crippen LogP contribution in [0.1, 0.15) is 63.4 Å². The first-order valence-electron chi connectivity index (χ1n) is 11.2. The lowest BCUT2D eigenvalue weighted by atomic mass is 10.0. The normalized spacial score (nSPS) is 18.0. The van der Waals surface area contributed by atoms with E-state index in [-0.39, 0.29) is 12.1 Å². The van der Waals surface area contributed by atoms with Crippen molar-refractivity contribution in [3.05, 3.63) is 47.7 Å². The van der Waals surface area contributed by atoms with Crippen molar-refractivity contribution in [2.24, 2.45) is 0 Å². The zero-order valence-electron chi connectivity index (χ0n) is 19.2. The molecule has 1 aromatic heterocycles. The van der Waals surface area contributed by atoms with Gasteiger partial charge in [0.15, 0.2) is 24.9 Å². The molecule has 0 aliphatic carbocycles. The van der Waals surface area contributed by atoms with Crippen LogP contribution in [0.2, 0.25) is 0 Å². The summed E-state index contributed by atoms with van der Waals surface area (Å²) in [7, 11) is 0. The molecule has 1 N–H and O–H groups in total. The van der Waals surface area contributed by atoms with Crippen LogP contribution in [0, 0.1) is 0 Å². The first-order valence-corrected chi connectivity index (χ1v) is 11.2. The fourth-order valence-electron chi connectivity index (χ4n) is 3.83. The number of carbonyl (C=O) groups excluding carboxylic acids is 2. The molecule has 2 aliphatic heterocycles. The van der Waals surface area contributed by atoms with Gasteiger partial charge in [-0.05, 0) is 37.5 Å². The van der Waals surface area contributed by atoms with Crippen molar-refractivity contribution < 1.29 is 28.3 Å². The van der Waals surface area contributed by atoms with E-state index in [9.17, 15) is 9.59 Å². The maximum atomic E-state index is 12.9. The third-order valence-corrected chi connectivity index (χ3v) is 5.35. The maximum absolute atomic E-state index is 12.9. The van der Waals surface area contributed by atoms with Crippen molar-refractivity contribution in [1.82, 2.24) is 20.4 Å². The van der Waals surface area contributed by atoms with Crippen molar-refractivity contribution in [3.63, 3.8) is 0 Å². The van der Waals surface area contributed by atoms with Crippen molar-refractivity contribution in [2.75, 3.05) is 13.1 Å². The van der Waals surface area contributed by atoms with E-state index < -0.39 is 11.7 Å². The Morgan fingerprint density at radius 3 is 2.82 bits per heavy atom. The zero-order valence-corrected chi connectivity index (χ0v) is 19.2. The molecule has 10 nitrogen and oxygen atoms in total. The number of urea groups is 1. The number of nitrogens with one attached hydrogen (secondary N) is 1. The number of rotatable bonds is 8. The van der Waals surface area contributed by atoms with Gasteiger partial charge in [0.05, 0.1) is 0 Å². The second kappa shape index (κ2) is 9.60. The van der Waals surface area contributed by atoms with Gasteiger partial charge in [0, 0.05) is 25.8 Å². The molecular formula is C23H30N5O5+. The molecule has 176 valence electrons. The first kappa shape index (κ1) is 22.8. The van der Waals surface area contributed by atoms with Gasteiger partial charge >= 0.3 is 12.1 Å². The maximum Gasteiger partial charge on any atom is 0.533 e. The molecule has 0 saturated carbocycles. The topological polar surface area (TPSA) is 110 Å². The fourth-order valence-corrected chi connectivity index (χ4v) is 3.83. The monoisotopic (exact) mass is 456 g/mol. The molecule has 2 aromatic rings. The van der Waals surface area contributed by atoms with Gasteiger partial charge in [0.1, 0.15) is 5.60 Å². The quantitative estimate of drug-likeness (QED) is 0.479. The highest BCUT2D eigenvalue weighted by Gasteiger charge is 2.51. The molecule has 33 heavy (non-hydrogen) atoms. The molecule has 1 saturated heterocycles. The van der Waals surface area contributed by atoms with E-state index >= 15 is 0 Å². The number of hydrogen-bond donors (Lipinski definition) is 1. The second-order valence-corrected chi connectivity index (χ2v) is 9.15. The smallest absolute Gasteiger partial charge is 0.444 e. The lowest BCUT2D eigenvalue weighted by Crippen LogP contribution is -2.36. The van der Waals surface area contributed by atoms with Crippen molar-refractivity contribution in [3.8, 4) is 0 Å². The van der Waals surface area contributed by atoms with Crippen molar-refractivity contribution in [2.45, 2.75) is 64.7 Å². The molecule has 1 aromatic carbocycles. The Kier molecular flexibility index (Phi) is 6.62. The van der Waals surface area contributed by atoms with E-state index in [0.29, 0.717) is 50.7 Å². The Labute approximate surface area is 192 Å². The largest absolute Gasteiger partial charge is 0.533 e. The molecule has 2 bridgehead atoms. The van der Waals surface area contributed by atoms with E-state index in [1.165, 1.54) is 4.74 Å². The summed E-state index contributed by atoms with van der Waals surface area (Å²) in [5.41, 5.74) is 1.42. The number of ether oxygens (including phenoxy) is 1. The summed E-state index contributed by atoms with van der Waals surface area (Å²) in [5.74, 6) is 0.914. The Morgan fingerprint density at radius 2 is 2.06 bits per heavy atom. The second-order valence-electron chi connectivity index (χ2n) is 9.15. The number of nitrogens with zero attached hydrogens (tertiary/aromatic N) is 4. The molecule has 0 spiro atoms. The SMILES string of the molecule is CC(C)(C)OC(=O)NCCCc1nnc(C2CCC3=[N+](OCc4ccccc4)C(=O)N2C3)o1. The number of aryl methyl sites for hydroxylation is 1. The molecule has 0 radical (unpaired) electrons. The molecule has 2 aliphatic rings. The van der Waals surface area contributed by atoms with E-state index in [2.05, 4.69) is 15.5 Å². The highest BCUT2D eigenvalue weighted by atomic mass is 16.7. The molecule has 4 rings (SSSR count). The van der Waals surface area contributed by atoms with Crippen LogP contribution in [0.25, 0.3) is 0 Å². The Balaban J connectivity index is 1.27. The lowest BCUT2D eigenvalue weighted by Gasteiger charge is -2.19. The fraction of sp³-hybridized carbons (Fsp3) is 0.522. The highest BCUT2D eigenvalue weighted by molar-refractivity contribution is 5.93. The molecule has 1 unspecified atom stereocenters. The van der Waals surface area contributed by atoms with E-state index in [1.54, 1.807) is 4.90 Å². The zero-order chi connectivity index (χ0) is 23.4. The summed E-state index contributed by atoms with van der Waals surface area (Å²) >= 11 is 0. The third kappa shape index (κ3) is 5.68. The number of alkyl carbamates (subject to hydrolysis) is 1. The Bertz CT molecular complexity index is 1030. The summed E-state index contributed by atoms with van der Waals surface area (Å²) in [5, 5.41) is 11.0. The molecule has 1 atom stereocenters. The minimum Gasteiger partial charge on any atom is -0.444 e. The number of hydrogen-bond acceptors (Lipinski definition) is 7. The summed E-state index contributed by atoms with van der Waals surface area (Å²) in [6, 6.07) is 9.27. The van der Waals surface area contributed by atoms with Gasteiger partial charge in [0.2, 0.25) is 5.89 Å². The van der Waals surface area contributed by atoms with Gasteiger partial charge in [-0.15, -0.1) is 10.2 Å². The van der Waals surface area contributed by atoms with Crippen LogP contribution in [0.3, 0.4) is 0 Å². The van der Waals surface area contributed by atoms with E-state index in [4.69, 9.17) is 14.0 Å². The van der Waals surface area contributed by atoms with Crippen LogP contribution < -0.4 is 5.32 Å². The van der Waals surface area contributed by atoms with E-state index in [1.807, 2.05) is 51.1 Å². The standard InChI is InChI=1S/C23H29N5O5/c1-23(2,3)33-21(29)24-13-7-10-19-25-26-20(32-19)18-12-11-17-14-27(18)22(30)28(17)31-15-16-8-5-4-6-9-16/h4-6,8-9,18H,7,10-15H2,1-3H3/p+1. The summed E-state index contributed by atoms with van der Waals surface area (Å²) in [6.07, 6.45) is 2.13. The van der Waals surface area contributed by atoms with Crippen LogP contribution in [0.15, 0.2) is 34.7 Å². The van der Waals surface area contributed by atoms with Gasteiger partial charge in [-0.3, -0.25) is 0 Å². The number of hydroxylamine groups is 1. The molecule has 3 amide bonds. The Hall–Kier alpha value is -3.43. The van der Waals surface area contributed by atoms with Gasteiger partial charge < -0.3 is 19.3 Å². The Morgan fingerprint density at radius 1 is 1.27 bits per heavy atom. The first-order chi connectivity index (χ1) is 15.8. The van der Waals surface area contributed by atoms with Crippen LogP contribution in [-0.2, 0) is 22.6 Å². The van der Waals surface area contributed by atoms with Gasteiger partial charge in [0.25, 0.3) is 5.89 Å². The van der Waals surface area contributed by atoms with E-state index in [0.717, 1.165) is 17.7 Å². The highest BCUT2D eigenvalue weighted by Crippen LogP contribution is 2.33. The van der Waals surface area contributed by atoms with Gasteiger partial charge in [-0.25, -0.2) is 9.69 Å². The van der Waals surface area contributed by atoms with Crippen LogP contribution in [0.5, 0.6) is 0 Å². The predicted molar refractivity (Wildman–Crippen MR) is 117 cm³/mol. The number of aromatic nitrogens is 2. The number of fused-ring (bicyclic) bond motifs is 2. The minimum atomic E-state index is -0.530. The van der Waals surface area contributed by atoms with Crippen molar-refractivity contribution in [1.29, 1.82) is 0 Å². The molecule has 10 heteroatoms. The van der Waals surface area contributed by atoms with Crippen LogP contribution in [0.4, 0.5) is 9.59 Å². The number of benzene rings is 1. The molecule has 1 fully saturated rings. The van der Waals surface area contributed by atoms with Gasteiger partial charge in [-0.1, -0.05) is 30.3 Å². The molecular weight excluding hydrogens is 426 g/mol. The van der Waals surface area contributed by atoms with Crippen LogP contribution >= 0.6 is 0 Å². The number of piperidine rings is 1. The van der Waals surface area contributed by atoms with Crippen LogP contribution in [-0.4, -0.2) is 56.4 Å². The summed E-state index contributed by atoms with van der Waals surface area (Å²) in [6.45, 7) is 6.72. The number of carbonyl (C=O) groups is 2. The number of amides is 3. The molecule has 3 heterocycles. The predicted octanol–water partition coefficient (Wildman–Crippen LogP) is 3.38. The summed E-state index contributed by atoms with van der Waals surface area (Å²) in [4.78, 5) is 32.2. The average Bonchev–Trinajstić information content (AvgIpc) is 3.33. The minimum absolute atomic E-state index is 0.204.